The predicted octanol–water partition coefficient (Wildman–Crippen LogP) is 3.72. The van der Waals surface area contributed by atoms with Crippen molar-refractivity contribution in [2.45, 2.75) is 25.0 Å². The van der Waals surface area contributed by atoms with Gasteiger partial charge in [0.1, 0.15) is 0 Å². The summed E-state index contributed by atoms with van der Waals surface area (Å²) in [4.78, 5) is 26.1. The molecule has 0 aromatic heterocycles. The molecule has 0 bridgehead atoms. The van der Waals surface area contributed by atoms with Gasteiger partial charge >= 0.3 is 0 Å². The van der Waals surface area contributed by atoms with Crippen molar-refractivity contribution in [3.63, 3.8) is 0 Å². The van der Waals surface area contributed by atoms with E-state index in [4.69, 9.17) is 0 Å². The number of nitrogens with one attached hydrogen (secondary N) is 1. The van der Waals surface area contributed by atoms with Crippen LogP contribution in [0.25, 0.3) is 0 Å². The number of rotatable bonds is 7. The van der Waals surface area contributed by atoms with Gasteiger partial charge in [-0.2, -0.15) is 0 Å². The molecule has 1 saturated heterocycles. The van der Waals surface area contributed by atoms with Crippen molar-refractivity contribution in [1.82, 2.24) is 4.90 Å². The molecule has 3 rings (SSSR count). The van der Waals surface area contributed by atoms with Crippen LogP contribution in [0.3, 0.4) is 0 Å². The molecule has 2 amide bonds. The van der Waals surface area contributed by atoms with Gasteiger partial charge in [-0.25, -0.2) is 0 Å². The first-order chi connectivity index (χ1) is 12.7. The van der Waals surface area contributed by atoms with E-state index in [1.807, 2.05) is 47.4 Å². The fourth-order valence-corrected chi connectivity index (χ4v) is 3.78. The molecule has 1 N–H and O–H groups in total. The monoisotopic (exact) mass is 368 g/mol. The Morgan fingerprint density at radius 3 is 2.31 bits per heavy atom. The summed E-state index contributed by atoms with van der Waals surface area (Å²) in [5.41, 5.74) is 2.98. The summed E-state index contributed by atoms with van der Waals surface area (Å²) >= 11 is 1.60. The highest BCUT2D eigenvalue weighted by Gasteiger charge is 2.17. The highest BCUT2D eigenvalue weighted by atomic mass is 32.2. The largest absolute Gasteiger partial charge is 0.342 e. The number of amides is 2. The Morgan fingerprint density at radius 2 is 1.62 bits per heavy atom. The standard InChI is InChI=1S/C21H24N2O2S/c24-20(16-26-15-18-6-2-1-3-7-18)22-19-10-8-17(9-11-19)14-21(25)23-12-4-5-13-23/h1-3,6-11H,4-5,12-16H2,(H,22,24). The zero-order valence-corrected chi connectivity index (χ0v) is 15.6. The lowest BCUT2D eigenvalue weighted by atomic mass is 10.1. The second-order valence-corrected chi connectivity index (χ2v) is 7.47. The smallest absolute Gasteiger partial charge is 0.234 e. The third-order valence-corrected chi connectivity index (χ3v) is 5.40. The van der Waals surface area contributed by atoms with Crippen molar-refractivity contribution in [2.24, 2.45) is 0 Å². The first kappa shape index (κ1) is 18.5. The van der Waals surface area contributed by atoms with E-state index in [1.165, 1.54) is 5.56 Å². The van der Waals surface area contributed by atoms with Crippen LogP contribution in [0.2, 0.25) is 0 Å². The molecule has 0 atom stereocenters. The molecule has 1 fully saturated rings. The maximum absolute atomic E-state index is 12.2. The quantitative estimate of drug-likeness (QED) is 0.810. The fourth-order valence-electron chi connectivity index (χ4n) is 2.99. The molecule has 136 valence electrons. The fraction of sp³-hybridized carbons (Fsp3) is 0.333. The number of likely N-dealkylation sites (tertiary alicyclic amines) is 1. The molecule has 0 unspecified atom stereocenters. The molecule has 1 aliphatic heterocycles. The van der Waals surface area contributed by atoms with Crippen molar-refractivity contribution in [2.75, 3.05) is 24.2 Å². The Balaban J connectivity index is 1.41. The van der Waals surface area contributed by atoms with Gasteiger partial charge in [-0.15, -0.1) is 11.8 Å². The number of anilines is 1. The van der Waals surface area contributed by atoms with E-state index in [2.05, 4.69) is 17.4 Å². The summed E-state index contributed by atoms with van der Waals surface area (Å²) in [6.45, 7) is 1.77. The molecule has 5 heteroatoms. The number of hydrogen-bond donors (Lipinski definition) is 1. The minimum Gasteiger partial charge on any atom is -0.342 e. The number of hydrogen-bond acceptors (Lipinski definition) is 3. The SMILES string of the molecule is O=C(CSCc1ccccc1)Nc1ccc(CC(=O)N2CCCC2)cc1. The average Bonchev–Trinajstić information content (AvgIpc) is 3.19. The summed E-state index contributed by atoms with van der Waals surface area (Å²) in [6, 6.07) is 17.7. The van der Waals surface area contributed by atoms with E-state index in [-0.39, 0.29) is 11.8 Å². The lowest BCUT2D eigenvalue weighted by Crippen LogP contribution is -2.29. The summed E-state index contributed by atoms with van der Waals surface area (Å²) in [5.74, 6) is 1.43. The highest BCUT2D eigenvalue weighted by Crippen LogP contribution is 2.15. The molecule has 26 heavy (non-hydrogen) atoms. The van der Waals surface area contributed by atoms with Crippen LogP contribution in [0.5, 0.6) is 0 Å². The molecule has 0 aliphatic carbocycles. The van der Waals surface area contributed by atoms with Gasteiger partial charge < -0.3 is 10.2 Å². The molecule has 1 heterocycles. The van der Waals surface area contributed by atoms with Crippen molar-refractivity contribution >= 4 is 29.3 Å². The molecule has 0 radical (unpaired) electrons. The van der Waals surface area contributed by atoms with Crippen LogP contribution in [0.15, 0.2) is 54.6 Å². The zero-order chi connectivity index (χ0) is 18.2. The van der Waals surface area contributed by atoms with Crippen LogP contribution in [-0.2, 0) is 21.8 Å². The normalized spacial score (nSPS) is 13.6. The Morgan fingerprint density at radius 1 is 0.923 bits per heavy atom. The molecule has 2 aromatic rings. The number of carbonyl (C=O) groups excluding carboxylic acids is 2. The second kappa shape index (κ2) is 9.43. The van der Waals surface area contributed by atoms with Crippen LogP contribution in [-0.4, -0.2) is 35.6 Å². The Labute approximate surface area is 159 Å². The average molecular weight is 369 g/mol. The van der Waals surface area contributed by atoms with Gasteiger partial charge in [0.05, 0.1) is 12.2 Å². The lowest BCUT2D eigenvalue weighted by Gasteiger charge is -2.15. The molecule has 0 spiro atoms. The summed E-state index contributed by atoms with van der Waals surface area (Å²) in [7, 11) is 0. The number of carbonyl (C=O) groups is 2. The van der Waals surface area contributed by atoms with E-state index < -0.39 is 0 Å². The molecular formula is C21H24N2O2S. The molecule has 4 nitrogen and oxygen atoms in total. The number of thioether (sulfide) groups is 1. The lowest BCUT2D eigenvalue weighted by molar-refractivity contribution is -0.129. The van der Waals surface area contributed by atoms with Gasteiger partial charge in [0.15, 0.2) is 0 Å². The van der Waals surface area contributed by atoms with E-state index in [1.54, 1.807) is 11.8 Å². The topological polar surface area (TPSA) is 49.4 Å². The third-order valence-electron chi connectivity index (χ3n) is 4.40. The van der Waals surface area contributed by atoms with E-state index in [0.717, 1.165) is 42.9 Å². The van der Waals surface area contributed by atoms with Gasteiger partial charge in [0.25, 0.3) is 0 Å². The van der Waals surface area contributed by atoms with Crippen molar-refractivity contribution < 1.29 is 9.59 Å². The molecule has 2 aromatic carbocycles. The van der Waals surface area contributed by atoms with Crippen LogP contribution < -0.4 is 5.32 Å². The zero-order valence-electron chi connectivity index (χ0n) is 14.8. The van der Waals surface area contributed by atoms with Crippen LogP contribution in [0.4, 0.5) is 5.69 Å². The van der Waals surface area contributed by atoms with E-state index in [0.29, 0.717) is 12.2 Å². The first-order valence-electron chi connectivity index (χ1n) is 8.99. The maximum atomic E-state index is 12.2. The van der Waals surface area contributed by atoms with Crippen molar-refractivity contribution in [3.8, 4) is 0 Å². The summed E-state index contributed by atoms with van der Waals surface area (Å²) < 4.78 is 0. The number of benzene rings is 2. The van der Waals surface area contributed by atoms with Gasteiger partial charge in [-0.3, -0.25) is 9.59 Å². The first-order valence-corrected chi connectivity index (χ1v) is 10.1. The van der Waals surface area contributed by atoms with Gasteiger partial charge in [0.2, 0.25) is 11.8 Å². The second-order valence-electron chi connectivity index (χ2n) is 6.49. The molecule has 0 saturated carbocycles. The van der Waals surface area contributed by atoms with Crippen LogP contribution in [0, 0.1) is 0 Å². The van der Waals surface area contributed by atoms with E-state index in [9.17, 15) is 9.59 Å². The van der Waals surface area contributed by atoms with Crippen molar-refractivity contribution in [1.29, 1.82) is 0 Å². The third kappa shape index (κ3) is 5.63. The Kier molecular flexibility index (Phi) is 6.72. The van der Waals surface area contributed by atoms with E-state index >= 15 is 0 Å². The highest BCUT2D eigenvalue weighted by molar-refractivity contribution is 7.99. The Hall–Kier alpha value is -2.27. The Bertz CT molecular complexity index is 725. The number of nitrogens with zero attached hydrogens (tertiary/aromatic N) is 1. The van der Waals surface area contributed by atoms with Gasteiger partial charge in [0, 0.05) is 24.5 Å². The van der Waals surface area contributed by atoms with Gasteiger partial charge in [-0.05, 0) is 36.1 Å². The van der Waals surface area contributed by atoms with Crippen molar-refractivity contribution in [3.05, 3.63) is 65.7 Å². The van der Waals surface area contributed by atoms with Crippen LogP contribution >= 0.6 is 11.8 Å². The maximum Gasteiger partial charge on any atom is 0.234 e. The molecule has 1 aliphatic rings. The minimum atomic E-state index is -0.00757. The summed E-state index contributed by atoms with van der Waals surface area (Å²) in [6.07, 6.45) is 2.65. The predicted molar refractivity (Wildman–Crippen MR) is 107 cm³/mol. The minimum absolute atomic E-state index is 0.00757. The van der Waals surface area contributed by atoms with Gasteiger partial charge in [-0.1, -0.05) is 42.5 Å². The summed E-state index contributed by atoms with van der Waals surface area (Å²) in [5, 5.41) is 2.91. The molecular weight excluding hydrogens is 344 g/mol. The van der Waals surface area contributed by atoms with Crippen LogP contribution in [0.1, 0.15) is 24.0 Å².